The molecule has 78 heteroatoms. The van der Waals surface area contributed by atoms with Crippen molar-refractivity contribution in [2.45, 2.75) is 203 Å². The molecule has 0 aliphatic carbocycles. The largest absolute Gasteiger partial charge is 3.00 e. The zero-order valence-electron chi connectivity index (χ0n) is 64.9. The molecule has 0 rings (SSSR count). The van der Waals surface area contributed by atoms with Gasteiger partial charge in [-0.15, -0.1) is 0 Å². The molecule has 0 saturated carbocycles. The van der Waals surface area contributed by atoms with E-state index in [1.165, 1.54) is 0 Å². The number of aliphatic hydroxyl groups is 35. The molecule has 0 heterocycles. The van der Waals surface area contributed by atoms with Crippen LogP contribution < -0.4 is 76.6 Å². The fourth-order valence-electron chi connectivity index (χ4n) is 4.99. The van der Waals surface area contributed by atoms with E-state index >= 15 is 0 Å². The quantitative estimate of drug-likeness (QED) is 0.0252. The van der Waals surface area contributed by atoms with E-state index in [9.17, 15) is 149 Å². The third kappa shape index (κ3) is 105. The molecule has 0 saturated heterocycles. The van der Waals surface area contributed by atoms with Crippen molar-refractivity contribution in [3.8, 4) is 0 Å². The number of rotatable bonds is 44. The minimum absolute atomic E-state index is 0. The molecule has 133 heavy (non-hydrogen) atoms. The first-order valence-electron chi connectivity index (χ1n) is 30.8. The van der Waals surface area contributed by atoms with Gasteiger partial charge in [0.05, 0.1) is 136 Å². The molecule has 28 atom stereocenters. The van der Waals surface area contributed by atoms with E-state index in [2.05, 4.69) is 0 Å². The molecule has 40 N–H and O–H groups in total. The van der Waals surface area contributed by atoms with Gasteiger partial charge in [-0.1, -0.05) is 0 Å². The Morgan fingerprint density at radius 3 is 0.293 bits per heavy atom. The van der Waals surface area contributed by atoms with Crippen LogP contribution in [0.15, 0.2) is 0 Å². The monoisotopic (exact) mass is 2350 g/mol. The maximum atomic E-state index is 9.98. The van der Waals surface area contributed by atoms with Crippen molar-refractivity contribution in [3.63, 3.8) is 0 Å². The maximum absolute atomic E-state index is 9.98. The normalized spacial score (nSPS) is 15.7. The summed E-state index contributed by atoms with van der Waals surface area (Å²) in [6.07, 6.45) is -59.1. The van der Waals surface area contributed by atoms with Gasteiger partial charge in [0, 0.05) is 62.0 Å². The predicted molar refractivity (Wildman–Crippen MR) is 326 cm³/mol. The second-order valence-electron chi connectivity index (χ2n) is 21.5. The van der Waals surface area contributed by atoms with Gasteiger partial charge in [-0.05, 0) is 0 Å². The Balaban J connectivity index is -0.0000000444. The van der Waals surface area contributed by atoms with Gasteiger partial charge in [-0.3, -0.25) is 0 Å². The summed E-state index contributed by atoms with van der Waals surface area (Å²) in [4.78, 5) is 146. The average Bonchev–Trinajstić information content (AvgIpc) is 0.903. The summed E-state index contributed by atoms with van der Waals surface area (Å²) in [5.41, 5.74) is 0. The van der Waals surface area contributed by atoms with Crippen molar-refractivity contribution in [2.24, 2.45) is 0 Å². The first-order chi connectivity index (χ1) is 54.4. The van der Waals surface area contributed by atoms with Crippen LogP contribution in [0.4, 0.5) is 0 Å². The molecule has 8 radical (unpaired) electrons. The minimum Gasteiger partial charge on any atom is -0.870 e. The Morgan fingerprint density at radius 1 is 0.158 bits per heavy atom. The van der Waals surface area contributed by atoms with Crippen LogP contribution >= 0.6 is 0 Å². The predicted octanol–water partition coefficient (Wildman–Crippen LogP) is -46.8. The van der Waals surface area contributed by atoms with Crippen LogP contribution in [0.25, 0.3) is 0 Å². The van der Waals surface area contributed by atoms with Gasteiger partial charge < -0.3 is 355 Å². The summed E-state index contributed by atoms with van der Waals surface area (Å²) in [5.74, 6) is -27.0. The van der Waals surface area contributed by atoms with Crippen molar-refractivity contribution in [2.75, 3.05) is 46.2 Å². The van der Waals surface area contributed by atoms with Crippen LogP contribution in [0, 0.1) is 0 Å². The summed E-state index contributed by atoms with van der Waals surface area (Å²) in [6.45, 7) is -5.60. The van der Waals surface area contributed by atoms with Gasteiger partial charge in [0.1, 0.15) is 140 Å². The van der Waals surface area contributed by atoms with Gasteiger partial charge in [0.15, 0.2) is 0 Å². The van der Waals surface area contributed by atoms with Crippen molar-refractivity contribution < 1.29 is 491 Å². The number of aliphatic carboxylic acids is 15. The average molecular weight is 2350 g/mol. The van der Waals surface area contributed by atoms with Crippen LogP contribution in [0.5, 0.6) is 0 Å². The van der Waals surface area contributed by atoms with Crippen LogP contribution in [0.2, 0.25) is 0 Å². The molecular weight excluding hydrogens is 2260 g/mol. The molecule has 0 fully saturated rings. The van der Waals surface area contributed by atoms with Gasteiger partial charge in [-0.25, -0.2) is 0 Å². The summed E-state index contributed by atoms with van der Waals surface area (Å²) >= 11 is 0. The molecule has 0 aromatic rings. The Morgan fingerprint density at radius 2 is 0.241 bits per heavy atom. The van der Waals surface area contributed by atoms with Gasteiger partial charge >= 0.3 is 137 Å². The molecule has 0 aliphatic rings. The van der Waals surface area contributed by atoms with Crippen LogP contribution in [-0.2, 0) is 208 Å². The maximum Gasteiger partial charge on any atom is 3.00 e. The second kappa shape index (κ2) is 109. The van der Waals surface area contributed by atoms with Crippen LogP contribution in [-0.4, -0.2) is 513 Å². The molecule has 808 valence electrons. The number of hydrogen-bond donors (Lipinski definition) is 35. The molecule has 0 aliphatic heterocycles. The van der Waals surface area contributed by atoms with E-state index in [0.717, 1.165) is 0 Å². The minimum atomic E-state index is -2.31. The Kier molecular flexibility index (Phi) is 156. The molecule has 0 aromatic heterocycles. The molecule has 0 amide bonds. The smallest absolute Gasteiger partial charge is 0.870 e. The number of aliphatic hydroxyl groups excluding tert-OH is 35. The SMILES string of the molecule is O=C([O-])CC(O)C(=O)[O-].O=C([O-])CC(O)C(=O)[O-].O=C([O-])CC(O)C(=O)[O-].O=C([O-])CC(O)C(=O)[O-].O=C([O-])CC(O)C(=O)[O-].O=C([O-])[C@H](O)[C@@H](O)[C@H](O)[C@H](O)CO.O=C([O-])[C@H](O)[C@@H](O)[C@H](O)[C@H](O)CO.O=C([O-])[C@H](O)[C@@H](O)[C@H](O)[C@H](O)CO.O=C([O-])[C@H](O)[C@@H](O)[C@H](O)[C@H](O)CO.O=C([O-])[C@H](O)[C@@H](O)[C@H](O)[C@H](O)CO.OC[C@@H](O)[C@H](O)[C@@H](O)CO.[Cu+2].[Cu+2].[Cu+2].[Cu+2].[Fe+3].[Fe+3].[Fe+3].[Fe+3].[OH-].[OH-].[OH-].[OH-].[OH-]. The van der Waals surface area contributed by atoms with Crippen LogP contribution in [0.1, 0.15) is 32.1 Å². The molecule has 0 aromatic carbocycles. The van der Waals surface area contributed by atoms with Crippen molar-refractivity contribution >= 4 is 89.5 Å². The zero-order valence-corrected chi connectivity index (χ0v) is 73.1. The van der Waals surface area contributed by atoms with Gasteiger partial charge in [0.2, 0.25) is 0 Å². The fraction of sp³-hybridized carbons (Fsp3) is 0.727. The van der Waals surface area contributed by atoms with E-state index in [4.69, 9.17) is 179 Å². The van der Waals surface area contributed by atoms with Crippen molar-refractivity contribution in [3.05, 3.63) is 0 Å². The zero-order chi connectivity index (χ0) is 98.3. The third-order valence-corrected chi connectivity index (χ3v) is 11.8. The van der Waals surface area contributed by atoms with Crippen molar-refractivity contribution in [1.29, 1.82) is 0 Å². The Bertz CT molecular complexity index is 2500. The van der Waals surface area contributed by atoms with Gasteiger partial charge in [-0.2, -0.15) is 0 Å². The van der Waals surface area contributed by atoms with E-state index in [1.54, 1.807) is 0 Å². The number of hydrogen-bond acceptors (Lipinski definition) is 70. The Hall–Kier alpha value is -5.39. The summed E-state index contributed by atoms with van der Waals surface area (Å²) < 4.78 is 0. The topological polar surface area (TPSA) is 1460 Å². The first kappa shape index (κ1) is 191. The number of carboxylic acid groups (broad SMARTS) is 15. The van der Waals surface area contributed by atoms with Gasteiger partial charge in [0.25, 0.3) is 0 Å². The molecule has 0 bridgehead atoms. The molecule has 70 nitrogen and oxygen atoms in total. The molecular formula is C55H92Cu4Fe4O70. The number of carboxylic acids is 15. The summed E-state index contributed by atoms with van der Waals surface area (Å²) in [6, 6.07) is 0. The van der Waals surface area contributed by atoms with Crippen LogP contribution in [0.3, 0.4) is 0 Å². The third-order valence-electron chi connectivity index (χ3n) is 11.8. The standard InChI is InChI=1S/5C6H12O7.C5H12O5.5C4H6O5.4Cu.4Fe.5H2O/c5*7-1-2(8)3(9)4(10)5(11)6(12)13;6-1-3(8)5(10)4(9)2-7;5*5-2(4(8)9)1-3(6)7;;;;;;;;;;;;;/h5*2-5,7-11H,1H2,(H,12,13);3-10H,1-2H2;5*2,5H,1H2,(H,6,7)(H,8,9);;;;;;;;;5*1H2/q;;;;;;;;;;;4*+2;4*+3;;;;;/p-20/t5*2-,3-,4+,5-;3-,4+,5+;;;;;;;;;;;;;;;;;;/m11111.................../s1. The van der Waals surface area contributed by atoms with E-state index < -0.39 is 339 Å². The van der Waals surface area contributed by atoms with Crippen molar-refractivity contribution in [1.82, 2.24) is 0 Å². The summed E-state index contributed by atoms with van der Waals surface area (Å²) in [7, 11) is 0. The molecule has 0 spiro atoms. The molecule has 5 unspecified atom stereocenters. The van der Waals surface area contributed by atoms with E-state index in [0.29, 0.717) is 0 Å². The van der Waals surface area contributed by atoms with E-state index in [1.807, 2.05) is 0 Å². The van der Waals surface area contributed by atoms with E-state index in [-0.39, 0.29) is 164 Å². The second-order valence-corrected chi connectivity index (χ2v) is 21.5. The number of carbonyl (C=O) groups excluding carboxylic acids is 15. The summed E-state index contributed by atoms with van der Waals surface area (Å²) in [5, 5.41) is 447. The number of carbonyl (C=O) groups is 15. The Labute approximate surface area is 825 Å². The fourth-order valence-corrected chi connectivity index (χ4v) is 4.99. The first-order valence-corrected chi connectivity index (χ1v) is 30.8.